The van der Waals surface area contributed by atoms with Crippen LogP contribution in [0.15, 0.2) is 60.7 Å². The van der Waals surface area contributed by atoms with Crippen LogP contribution >= 0.6 is 0 Å². The van der Waals surface area contributed by atoms with E-state index in [0.29, 0.717) is 6.61 Å². The fourth-order valence-corrected chi connectivity index (χ4v) is 2.47. The molecule has 0 heterocycles. The standard InChI is InChI=1S/C24H29NO2/c1-24(2,3)14-6-5-7-15-25(4)18-20-10-9-13-23(17-20)27-19-21-11-8-12-22(26)16-21/h5,7-13,16-17,26H,15,18-19H2,1-4H3. The lowest BCUT2D eigenvalue weighted by Gasteiger charge is -2.15. The van der Waals surface area contributed by atoms with Crippen LogP contribution < -0.4 is 4.74 Å². The summed E-state index contributed by atoms with van der Waals surface area (Å²) in [5.74, 6) is 7.38. The Hall–Kier alpha value is -2.70. The summed E-state index contributed by atoms with van der Waals surface area (Å²) in [4.78, 5) is 2.23. The van der Waals surface area contributed by atoms with Gasteiger partial charge in [0.15, 0.2) is 0 Å². The minimum atomic E-state index is 0.0369. The molecule has 2 rings (SSSR count). The predicted molar refractivity (Wildman–Crippen MR) is 112 cm³/mol. The first-order valence-corrected chi connectivity index (χ1v) is 9.18. The molecule has 0 aliphatic carbocycles. The second kappa shape index (κ2) is 9.85. The van der Waals surface area contributed by atoms with Crippen molar-refractivity contribution in [1.29, 1.82) is 0 Å². The highest BCUT2D eigenvalue weighted by Gasteiger charge is 2.03. The number of hydrogen-bond donors (Lipinski definition) is 1. The third-order valence-electron chi connectivity index (χ3n) is 3.73. The van der Waals surface area contributed by atoms with Crippen LogP contribution in [0.3, 0.4) is 0 Å². The average molecular weight is 364 g/mol. The van der Waals surface area contributed by atoms with Crippen molar-refractivity contribution in [3.63, 3.8) is 0 Å². The smallest absolute Gasteiger partial charge is 0.120 e. The first-order valence-electron chi connectivity index (χ1n) is 9.18. The fourth-order valence-electron chi connectivity index (χ4n) is 2.47. The molecule has 2 aromatic rings. The minimum absolute atomic E-state index is 0.0369. The van der Waals surface area contributed by atoms with Gasteiger partial charge in [-0.3, -0.25) is 4.90 Å². The largest absolute Gasteiger partial charge is 0.508 e. The zero-order chi connectivity index (χ0) is 19.7. The molecule has 0 bridgehead atoms. The van der Waals surface area contributed by atoms with Crippen molar-refractivity contribution in [1.82, 2.24) is 4.90 Å². The van der Waals surface area contributed by atoms with Gasteiger partial charge in [0.1, 0.15) is 18.1 Å². The summed E-state index contributed by atoms with van der Waals surface area (Å²) in [5.41, 5.74) is 2.17. The number of allylic oxidation sites excluding steroid dienone is 1. The van der Waals surface area contributed by atoms with Gasteiger partial charge >= 0.3 is 0 Å². The maximum atomic E-state index is 9.52. The van der Waals surface area contributed by atoms with Crippen LogP contribution in [-0.4, -0.2) is 23.6 Å². The molecule has 3 nitrogen and oxygen atoms in total. The molecule has 0 fully saturated rings. The van der Waals surface area contributed by atoms with Crippen LogP contribution in [0.5, 0.6) is 11.5 Å². The van der Waals surface area contributed by atoms with E-state index in [9.17, 15) is 5.11 Å². The van der Waals surface area contributed by atoms with Gasteiger partial charge in [-0.1, -0.05) is 42.2 Å². The van der Waals surface area contributed by atoms with Crippen LogP contribution in [-0.2, 0) is 13.2 Å². The van der Waals surface area contributed by atoms with E-state index in [1.165, 1.54) is 5.56 Å². The number of aromatic hydroxyl groups is 1. The van der Waals surface area contributed by atoms with Gasteiger partial charge in [-0.05, 0) is 69.3 Å². The Kier molecular flexibility index (Phi) is 7.52. The van der Waals surface area contributed by atoms with Crippen molar-refractivity contribution in [2.75, 3.05) is 13.6 Å². The molecule has 0 aromatic heterocycles. The van der Waals surface area contributed by atoms with Gasteiger partial charge in [0.2, 0.25) is 0 Å². The highest BCUT2D eigenvalue weighted by atomic mass is 16.5. The van der Waals surface area contributed by atoms with Crippen molar-refractivity contribution in [2.45, 2.75) is 33.9 Å². The molecule has 142 valence electrons. The molecule has 0 radical (unpaired) electrons. The Labute approximate surface area is 163 Å². The number of benzene rings is 2. The lowest BCUT2D eigenvalue weighted by molar-refractivity contribution is 0.304. The summed E-state index contributed by atoms with van der Waals surface area (Å²) in [6.07, 6.45) is 4.01. The number of rotatable bonds is 7. The van der Waals surface area contributed by atoms with Gasteiger partial charge in [-0.2, -0.15) is 0 Å². The molecule has 0 atom stereocenters. The summed E-state index contributed by atoms with van der Waals surface area (Å²) >= 11 is 0. The summed E-state index contributed by atoms with van der Waals surface area (Å²) in [5, 5.41) is 9.52. The van der Waals surface area contributed by atoms with Crippen molar-refractivity contribution in [2.24, 2.45) is 5.41 Å². The van der Waals surface area contributed by atoms with E-state index < -0.39 is 0 Å². The Balaban J connectivity index is 1.85. The Bertz CT molecular complexity index is 822. The van der Waals surface area contributed by atoms with E-state index in [-0.39, 0.29) is 11.2 Å². The summed E-state index contributed by atoms with van der Waals surface area (Å²) in [6.45, 7) is 8.43. The molecule has 0 spiro atoms. The van der Waals surface area contributed by atoms with Gasteiger partial charge in [-0.15, -0.1) is 0 Å². The number of hydrogen-bond acceptors (Lipinski definition) is 3. The zero-order valence-electron chi connectivity index (χ0n) is 16.7. The van der Waals surface area contributed by atoms with E-state index >= 15 is 0 Å². The van der Waals surface area contributed by atoms with E-state index in [1.54, 1.807) is 12.1 Å². The summed E-state index contributed by atoms with van der Waals surface area (Å²) < 4.78 is 5.85. The van der Waals surface area contributed by atoms with E-state index in [2.05, 4.69) is 62.8 Å². The maximum absolute atomic E-state index is 9.52. The molecular formula is C24H29NO2. The maximum Gasteiger partial charge on any atom is 0.120 e. The van der Waals surface area contributed by atoms with Gasteiger partial charge in [0, 0.05) is 18.5 Å². The molecule has 2 aromatic carbocycles. The fraction of sp³-hybridized carbons (Fsp3) is 0.333. The van der Waals surface area contributed by atoms with E-state index in [0.717, 1.165) is 24.4 Å². The van der Waals surface area contributed by atoms with Gasteiger partial charge in [0.05, 0.1) is 0 Å². The normalized spacial score (nSPS) is 11.4. The van der Waals surface area contributed by atoms with Gasteiger partial charge < -0.3 is 9.84 Å². The van der Waals surface area contributed by atoms with Crippen molar-refractivity contribution < 1.29 is 9.84 Å². The number of phenols is 1. The quantitative estimate of drug-likeness (QED) is 0.702. The number of nitrogens with zero attached hydrogens (tertiary/aromatic N) is 1. The first-order chi connectivity index (χ1) is 12.8. The van der Waals surface area contributed by atoms with Crippen LogP contribution in [0, 0.1) is 17.3 Å². The molecule has 1 N–H and O–H groups in total. The lowest BCUT2D eigenvalue weighted by atomic mass is 9.98. The Morgan fingerprint density at radius 3 is 2.56 bits per heavy atom. The second-order valence-electron chi connectivity index (χ2n) is 7.72. The first kappa shape index (κ1) is 20.6. The minimum Gasteiger partial charge on any atom is -0.508 e. The molecule has 0 aliphatic rings. The van der Waals surface area contributed by atoms with Gasteiger partial charge in [0.25, 0.3) is 0 Å². The third kappa shape index (κ3) is 8.48. The van der Waals surface area contributed by atoms with Crippen LogP contribution in [0.25, 0.3) is 0 Å². The van der Waals surface area contributed by atoms with Crippen LogP contribution in [0.1, 0.15) is 31.9 Å². The molecule has 0 amide bonds. The number of likely N-dealkylation sites (N-methyl/N-ethyl adjacent to an activating group) is 1. The van der Waals surface area contributed by atoms with E-state index in [4.69, 9.17) is 4.74 Å². The lowest BCUT2D eigenvalue weighted by Crippen LogP contribution is -2.17. The molecule has 3 heteroatoms. The van der Waals surface area contributed by atoms with Gasteiger partial charge in [-0.25, -0.2) is 0 Å². The third-order valence-corrected chi connectivity index (χ3v) is 3.73. The second-order valence-corrected chi connectivity index (χ2v) is 7.72. The zero-order valence-corrected chi connectivity index (χ0v) is 16.7. The Morgan fingerprint density at radius 1 is 1.07 bits per heavy atom. The van der Waals surface area contributed by atoms with Crippen molar-refractivity contribution >= 4 is 0 Å². The van der Waals surface area contributed by atoms with Crippen LogP contribution in [0.2, 0.25) is 0 Å². The summed E-state index contributed by atoms with van der Waals surface area (Å²) in [6, 6.07) is 15.2. The van der Waals surface area contributed by atoms with E-state index in [1.807, 2.05) is 30.3 Å². The topological polar surface area (TPSA) is 32.7 Å². The molecular weight excluding hydrogens is 334 g/mol. The Morgan fingerprint density at radius 2 is 1.81 bits per heavy atom. The summed E-state index contributed by atoms with van der Waals surface area (Å²) in [7, 11) is 2.09. The SMILES string of the molecule is CN(CC=CC#CC(C)(C)C)Cc1cccc(OCc2cccc(O)c2)c1. The predicted octanol–water partition coefficient (Wildman–Crippen LogP) is 5.01. The average Bonchev–Trinajstić information content (AvgIpc) is 2.59. The van der Waals surface area contributed by atoms with Crippen LogP contribution in [0.4, 0.5) is 0 Å². The monoisotopic (exact) mass is 363 g/mol. The van der Waals surface area contributed by atoms with Crippen molar-refractivity contribution in [3.05, 3.63) is 71.8 Å². The molecule has 0 saturated carbocycles. The molecule has 0 unspecified atom stereocenters. The van der Waals surface area contributed by atoms with Crippen molar-refractivity contribution in [3.8, 4) is 23.3 Å². The molecule has 27 heavy (non-hydrogen) atoms. The molecule has 0 aliphatic heterocycles. The number of phenolic OH excluding ortho intramolecular Hbond substituents is 1. The highest BCUT2D eigenvalue weighted by Crippen LogP contribution is 2.18. The molecule has 0 saturated heterocycles. The highest BCUT2D eigenvalue weighted by molar-refractivity contribution is 5.30. The number of ether oxygens (including phenoxy) is 1.